The van der Waals surface area contributed by atoms with Crippen LogP contribution in [0.4, 0.5) is 5.69 Å². The summed E-state index contributed by atoms with van der Waals surface area (Å²) in [5.41, 5.74) is 5.82. The fourth-order valence-corrected chi connectivity index (χ4v) is 3.56. The molecule has 20 heavy (non-hydrogen) atoms. The Hall–Kier alpha value is -1.20. The Kier molecular flexibility index (Phi) is 3.55. The van der Waals surface area contributed by atoms with Gasteiger partial charge in [-0.25, -0.2) is 0 Å². The van der Waals surface area contributed by atoms with Gasteiger partial charge in [0.15, 0.2) is 0 Å². The summed E-state index contributed by atoms with van der Waals surface area (Å²) in [5, 5.41) is 0.114. The van der Waals surface area contributed by atoms with E-state index in [1.54, 1.807) is 0 Å². The number of hydrogen-bond donors (Lipinski definition) is 3. The summed E-state index contributed by atoms with van der Waals surface area (Å²) in [6.07, 6.45) is 0. The van der Waals surface area contributed by atoms with Gasteiger partial charge >= 0.3 is 0 Å². The third-order valence-corrected chi connectivity index (χ3v) is 5.04. The van der Waals surface area contributed by atoms with E-state index in [0.717, 1.165) is 24.3 Å². The van der Waals surface area contributed by atoms with E-state index in [-0.39, 0.29) is 20.9 Å². The number of fused-ring (bicyclic) bond motifs is 1. The molecule has 10 heteroatoms. The molecule has 0 aromatic heterocycles. The fraction of sp³-hybridized carbons (Fsp3) is 0. The molecule has 0 bridgehead atoms. The first kappa shape index (κ1) is 15.2. The number of hydrogen-bond acceptors (Lipinski definition) is 5. The summed E-state index contributed by atoms with van der Waals surface area (Å²) in [6, 6.07) is 4.30. The second kappa shape index (κ2) is 4.67. The maximum absolute atomic E-state index is 11.3. The van der Waals surface area contributed by atoms with Crippen LogP contribution in [-0.2, 0) is 20.2 Å². The highest BCUT2D eigenvalue weighted by Crippen LogP contribution is 2.35. The predicted molar refractivity (Wildman–Crippen MR) is 75.7 cm³/mol. The Morgan fingerprint density at radius 2 is 1.55 bits per heavy atom. The summed E-state index contributed by atoms with van der Waals surface area (Å²) in [4.78, 5) is -0.855. The second-order valence-corrected chi connectivity index (χ2v) is 7.59. The van der Waals surface area contributed by atoms with E-state index in [9.17, 15) is 21.4 Å². The van der Waals surface area contributed by atoms with Crippen molar-refractivity contribution in [3.05, 3.63) is 28.7 Å². The molecule has 7 nitrogen and oxygen atoms in total. The molecule has 0 fully saturated rings. The van der Waals surface area contributed by atoms with Gasteiger partial charge in [0.25, 0.3) is 20.2 Å². The molecule has 0 aliphatic rings. The molecule has 0 radical (unpaired) electrons. The molecule has 0 saturated heterocycles. The second-order valence-electron chi connectivity index (χ2n) is 3.93. The SMILES string of the molecule is Nc1c(Br)cc(S(=O)(=O)O)c2ccc(S(=O)(=O)O)cc12. The Morgan fingerprint density at radius 1 is 0.950 bits per heavy atom. The van der Waals surface area contributed by atoms with Crippen molar-refractivity contribution in [3.63, 3.8) is 0 Å². The van der Waals surface area contributed by atoms with Crippen LogP contribution in [0.5, 0.6) is 0 Å². The minimum Gasteiger partial charge on any atom is -0.397 e. The molecule has 108 valence electrons. The van der Waals surface area contributed by atoms with Crippen molar-refractivity contribution in [3.8, 4) is 0 Å². The van der Waals surface area contributed by atoms with Gasteiger partial charge in [0.1, 0.15) is 4.90 Å². The van der Waals surface area contributed by atoms with Crippen LogP contribution in [0, 0.1) is 0 Å². The first-order valence-electron chi connectivity index (χ1n) is 4.98. The number of nitrogens with two attached hydrogens (primary N) is 1. The standard InChI is InChI=1S/C10H8BrNO6S2/c11-8-4-9(20(16,17)18)6-2-1-5(19(13,14)15)3-7(6)10(8)12/h1-4H,12H2,(H,13,14,15)(H,16,17,18). The molecule has 2 aromatic carbocycles. The normalized spacial score (nSPS) is 12.8. The van der Waals surface area contributed by atoms with Crippen LogP contribution in [-0.4, -0.2) is 25.9 Å². The van der Waals surface area contributed by atoms with Gasteiger partial charge in [0.05, 0.1) is 10.6 Å². The van der Waals surface area contributed by atoms with Crippen molar-refractivity contribution >= 4 is 52.6 Å². The summed E-state index contributed by atoms with van der Waals surface area (Å²) >= 11 is 3.02. The van der Waals surface area contributed by atoms with Gasteiger partial charge in [-0.15, -0.1) is 0 Å². The van der Waals surface area contributed by atoms with Crippen LogP contribution in [0.25, 0.3) is 10.8 Å². The monoisotopic (exact) mass is 381 g/mol. The molecular formula is C10H8BrNO6S2. The van der Waals surface area contributed by atoms with Crippen molar-refractivity contribution in [1.29, 1.82) is 0 Å². The lowest BCUT2D eigenvalue weighted by Gasteiger charge is -2.10. The van der Waals surface area contributed by atoms with Crippen molar-refractivity contribution < 1.29 is 25.9 Å². The minimum absolute atomic E-state index is 0.0422. The zero-order valence-electron chi connectivity index (χ0n) is 9.61. The number of nitrogen functional groups attached to an aromatic ring is 1. The number of rotatable bonds is 2. The third-order valence-electron chi connectivity index (χ3n) is 2.64. The van der Waals surface area contributed by atoms with Gasteiger partial charge in [-0.2, -0.15) is 16.8 Å². The highest BCUT2D eigenvalue weighted by atomic mass is 79.9. The topological polar surface area (TPSA) is 135 Å². The van der Waals surface area contributed by atoms with Crippen molar-refractivity contribution in [2.75, 3.05) is 5.73 Å². The van der Waals surface area contributed by atoms with Crippen LogP contribution >= 0.6 is 15.9 Å². The summed E-state index contributed by atoms with van der Waals surface area (Å²) in [6.45, 7) is 0. The summed E-state index contributed by atoms with van der Waals surface area (Å²) in [5.74, 6) is 0. The molecule has 0 aliphatic heterocycles. The van der Waals surface area contributed by atoms with E-state index in [1.165, 1.54) is 0 Å². The quantitative estimate of drug-likeness (QED) is 0.531. The lowest BCUT2D eigenvalue weighted by molar-refractivity contribution is 0.482. The molecule has 0 unspecified atom stereocenters. The lowest BCUT2D eigenvalue weighted by Crippen LogP contribution is -2.03. The van der Waals surface area contributed by atoms with E-state index in [1.807, 2.05) is 0 Å². The van der Waals surface area contributed by atoms with E-state index in [0.29, 0.717) is 0 Å². The Bertz CT molecular complexity index is 920. The van der Waals surface area contributed by atoms with Gasteiger partial charge < -0.3 is 5.73 Å². The molecule has 0 atom stereocenters. The van der Waals surface area contributed by atoms with Gasteiger partial charge in [0, 0.05) is 15.2 Å². The van der Waals surface area contributed by atoms with Crippen LogP contribution in [0.1, 0.15) is 0 Å². The molecule has 0 amide bonds. The van der Waals surface area contributed by atoms with Gasteiger partial charge in [-0.05, 0) is 34.1 Å². The summed E-state index contributed by atoms with van der Waals surface area (Å²) < 4.78 is 63.2. The Morgan fingerprint density at radius 3 is 2.05 bits per heavy atom. The average Bonchev–Trinajstić information content (AvgIpc) is 2.30. The van der Waals surface area contributed by atoms with E-state index < -0.39 is 30.0 Å². The van der Waals surface area contributed by atoms with E-state index in [4.69, 9.17) is 10.3 Å². The largest absolute Gasteiger partial charge is 0.397 e. The molecule has 0 saturated carbocycles. The predicted octanol–water partition coefficient (Wildman–Crippen LogP) is 1.68. The number of anilines is 1. The molecule has 2 rings (SSSR count). The number of benzene rings is 2. The molecule has 0 spiro atoms. The van der Waals surface area contributed by atoms with Crippen molar-refractivity contribution in [2.24, 2.45) is 0 Å². The first-order valence-corrected chi connectivity index (χ1v) is 8.66. The molecular weight excluding hydrogens is 374 g/mol. The zero-order valence-corrected chi connectivity index (χ0v) is 12.8. The van der Waals surface area contributed by atoms with Crippen LogP contribution in [0.3, 0.4) is 0 Å². The van der Waals surface area contributed by atoms with Gasteiger partial charge in [-0.3, -0.25) is 9.11 Å². The van der Waals surface area contributed by atoms with Crippen molar-refractivity contribution in [1.82, 2.24) is 0 Å². The molecule has 0 aliphatic carbocycles. The minimum atomic E-state index is -4.51. The fourth-order valence-electron chi connectivity index (χ4n) is 1.73. The van der Waals surface area contributed by atoms with Crippen LogP contribution in [0.15, 0.2) is 38.5 Å². The molecule has 2 aromatic rings. The van der Waals surface area contributed by atoms with Gasteiger partial charge in [-0.1, -0.05) is 6.07 Å². The molecule has 4 N–H and O–H groups in total. The average molecular weight is 382 g/mol. The first-order chi connectivity index (χ1) is 9.01. The van der Waals surface area contributed by atoms with Gasteiger partial charge in [0.2, 0.25) is 0 Å². The van der Waals surface area contributed by atoms with Crippen molar-refractivity contribution in [2.45, 2.75) is 9.79 Å². The van der Waals surface area contributed by atoms with E-state index >= 15 is 0 Å². The smallest absolute Gasteiger partial charge is 0.295 e. The van der Waals surface area contributed by atoms with Crippen LogP contribution < -0.4 is 5.73 Å². The molecule has 0 heterocycles. The van der Waals surface area contributed by atoms with Crippen LogP contribution in [0.2, 0.25) is 0 Å². The maximum Gasteiger partial charge on any atom is 0.295 e. The van der Waals surface area contributed by atoms with E-state index in [2.05, 4.69) is 15.9 Å². The lowest BCUT2D eigenvalue weighted by atomic mass is 10.1. The maximum atomic E-state index is 11.3. The summed E-state index contributed by atoms with van der Waals surface area (Å²) in [7, 11) is -8.97. The Labute approximate surface area is 123 Å². The highest BCUT2D eigenvalue weighted by Gasteiger charge is 2.20. The Balaban J connectivity index is 3.01. The zero-order chi connectivity index (χ0) is 15.3. The highest BCUT2D eigenvalue weighted by molar-refractivity contribution is 9.10. The number of halogens is 1. The third kappa shape index (κ3) is 2.65.